The molecule has 3 aromatic carbocycles. The molecule has 0 unspecified atom stereocenters. The fourth-order valence-corrected chi connectivity index (χ4v) is 3.15. The zero-order chi connectivity index (χ0) is 17.9. The number of hydrogen-bond donors (Lipinski definition) is 2. The summed E-state index contributed by atoms with van der Waals surface area (Å²) in [5, 5.41) is 20.7. The van der Waals surface area contributed by atoms with Gasteiger partial charge in [-0.2, -0.15) is 0 Å². The Labute approximate surface area is 147 Å². The monoisotopic (exact) mass is 332 g/mol. The first-order chi connectivity index (χ1) is 12.0. The van der Waals surface area contributed by atoms with Crippen LogP contribution >= 0.6 is 0 Å². The van der Waals surface area contributed by atoms with Crippen LogP contribution in [0.2, 0.25) is 0 Å². The van der Waals surface area contributed by atoms with Crippen molar-refractivity contribution in [3.63, 3.8) is 0 Å². The van der Waals surface area contributed by atoms with E-state index >= 15 is 0 Å². The predicted molar refractivity (Wildman–Crippen MR) is 98.3 cm³/mol. The molecule has 2 atom stereocenters. The minimum absolute atomic E-state index is 0.573. The molecule has 0 aliphatic carbocycles. The highest BCUT2D eigenvalue weighted by atomic mass is 16.4. The van der Waals surface area contributed by atoms with Crippen LogP contribution in [0, 0.1) is 0 Å². The summed E-state index contributed by atoms with van der Waals surface area (Å²) < 4.78 is 0. The van der Waals surface area contributed by atoms with Crippen molar-refractivity contribution in [1.82, 2.24) is 0 Å². The van der Waals surface area contributed by atoms with Crippen LogP contribution in [0.1, 0.15) is 24.0 Å². The van der Waals surface area contributed by atoms with E-state index < -0.39 is 17.5 Å². The Balaban J connectivity index is 1.97. The van der Waals surface area contributed by atoms with Crippen LogP contribution in [0.25, 0.3) is 11.1 Å². The molecule has 3 nitrogen and oxygen atoms in total. The third-order valence-corrected chi connectivity index (χ3v) is 4.52. The molecular formula is C22H20O3. The predicted octanol–water partition coefficient (Wildman–Crippen LogP) is 4.43. The molecule has 0 saturated carbocycles. The molecule has 0 bridgehead atoms. The first-order valence-electron chi connectivity index (χ1n) is 8.16. The maximum absolute atomic E-state index is 11.8. The Bertz CT molecular complexity index is 837. The Morgan fingerprint density at radius 1 is 0.800 bits per heavy atom. The molecule has 0 fully saturated rings. The minimum atomic E-state index is -1.53. The summed E-state index contributed by atoms with van der Waals surface area (Å²) in [7, 11) is 0. The number of carboxylic acids is 1. The number of carboxylic acid groups (broad SMARTS) is 1. The number of hydrogen-bond acceptors (Lipinski definition) is 2. The van der Waals surface area contributed by atoms with E-state index in [0.29, 0.717) is 11.1 Å². The van der Waals surface area contributed by atoms with Gasteiger partial charge in [-0.25, -0.2) is 0 Å². The van der Waals surface area contributed by atoms with E-state index in [1.165, 1.54) is 0 Å². The Hall–Kier alpha value is -2.91. The minimum Gasteiger partial charge on any atom is -0.481 e. The van der Waals surface area contributed by atoms with Crippen molar-refractivity contribution >= 4 is 5.97 Å². The molecule has 0 saturated heterocycles. The van der Waals surface area contributed by atoms with E-state index in [1.807, 2.05) is 48.5 Å². The molecule has 3 heteroatoms. The molecule has 0 aliphatic rings. The van der Waals surface area contributed by atoms with Crippen molar-refractivity contribution < 1.29 is 15.0 Å². The van der Waals surface area contributed by atoms with E-state index in [-0.39, 0.29) is 0 Å². The second-order valence-electron chi connectivity index (χ2n) is 6.27. The van der Waals surface area contributed by atoms with Gasteiger partial charge in [0.25, 0.3) is 0 Å². The van der Waals surface area contributed by atoms with Crippen molar-refractivity contribution in [1.29, 1.82) is 0 Å². The number of carbonyl (C=O) groups is 1. The molecule has 0 amide bonds. The number of aliphatic carboxylic acids is 1. The standard InChI is InChI=1S/C22H20O3/c1-22(25,20(21(23)24)18-10-6-3-7-11-18)19-14-12-17(13-15-19)16-8-4-2-5-9-16/h2-15,20,25H,1H3,(H,23,24)/t20-,22-/m0/s1. The SMILES string of the molecule is C[C@](O)(c1ccc(-c2ccccc2)cc1)[C@H](C(=O)O)c1ccccc1. The lowest BCUT2D eigenvalue weighted by Crippen LogP contribution is -2.35. The molecule has 2 N–H and O–H groups in total. The molecule has 126 valence electrons. The average Bonchev–Trinajstić information content (AvgIpc) is 2.63. The first kappa shape index (κ1) is 16.9. The van der Waals surface area contributed by atoms with E-state index in [2.05, 4.69) is 0 Å². The highest BCUT2D eigenvalue weighted by Crippen LogP contribution is 2.37. The van der Waals surface area contributed by atoms with Crippen LogP contribution in [-0.4, -0.2) is 16.2 Å². The summed E-state index contributed by atoms with van der Waals surface area (Å²) in [5.74, 6) is -2.10. The van der Waals surface area contributed by atoms with Crippen LogP contribution in [0.5, 0.6) is 0 Å². The van der Waals surface area contributed by atoms with Gasteiger partial charge < -0.3 is 10.2 Å². The number of rotatable bonds is 5. The summed E-state index contributed by atoms with van der Waals surface area (Å²) in [6.07, 6.45) is 0. The Kier molecular flexibility index (Phi) is 4.68. The van der Waals surface area contributed by atoms with Gasteiger partial charge in [-0.05, 0) is 29.2 Å². The lowest BCUT2D eigenvalue weighted by Gasteiger charge is -2.31. The molecular weight excluding hydrogens is 312 g/mol. The maximum Gasteiger partial charge on any atom is 0.314 e. The maximum atomic E-state index is 11.8. The van der Waals surface area contributed by atoms with E-state index in [1.54, 1.807) is 43.3 Å². The molecule has 3 aromatic rings. The fraction of sp³-hybridized carbons (Fsp3) is 0.136. The van der Waals surface area contributed by atoms with Gasteiger partial charge in [0.1, 0.15) is 11.5 Å². The van der Waals surface area contributed by atoms with Crippen molar-refractivity contribution in [2.24, 2.45) is 0 Å². The van der Waals surface area contributed by atoms with Gasteiger partial charge in [-0.1, -0.05) is 84.9 Å². The van der Waals surface area contributed by atoms with Crippen LogP contribution in [0.4, 0.5) is 0 Å². The molecule has 0 aliphatic heterocycles. The lowest BCUT2D eigenvalue weighted by atomic mass is 9.78. The van der Waals surface area contributed by atoms with Gasteiger partial charge in [0.2, 0.25) is 0 Å². The summed E-state index contributed by atoms with van der Waals surface area (Å²) in [6.45, 7) is 1.55. The molecule has 3 rings (SSSR count). The fourth-order valence-electron chi connectivity index (χ4n) is 3.15. The molecule has 25 heavy (non-hydrogen) atoms. The Morgan fingerprint density at radius 2 is 1.28 bits per heavy atom. The summed E-state index contributed by atoms with van der Waals surface area (Å²) in [4.78, 5) is 11.8. The largest absolute Gasteiger partial charge is 0.481 e. The van der Waals surface area contributed by atoms with Crippen LogP contribution in [-0.2, 0) is 10.4 Å². The summed E-state index contributed by atoms with van der Waals surface area (Å²) in [6, 6.07) is 26.1. The topological polar surface area (TPSA) is 57.5 Å². The third kappa shape index (κ3) is 3.47. The van der Waals surface area contributed by atoms with Gasteiger partial charge in [0, 0.05) is 0 Å². The third-order valence-electron chi connectivity index (χ3n) is 4.52. The molecule has 0 aromatic heterocycles. The van der Waals surface area contributed by atoms with E-state index in [0.717, 1.165) is 11.1 Å². The first-order valence-corrected chi connectivity index (χ1v) is 8.16. The van der Waals surface area contributed by atoms with Gasteiger partial charge in [-0.3, -0.25) is 4.79 Å². The van der Waals surface area contributed by atoms with Crippen molar-refractivity contribution in [3.8, 4) is 11.1 Å². The highest BCUT2D eigenvalue weighted by Gasteiger charge is 2.40. The van der Waals surface area contributed by atoms with Gasteiger partial charge in [0.05, 0.1) is 0 Å². The van der Waals surface area contributed by atoms with E-state index in [4.69, 9.17) is 0 Å². The van der Waals surface area contributed by atoms with Gasteiger partial charge in [0.15, 0.2) is 0 Å². The second-order valence-corrected chi connectivity index (χ2v) is 6.27. The summed E-state index contributed by atoms with van der Waals surface area (Å²) in [5.41, 5.74) is 1.72. The van der Waals surface area contributed by atoms with Gasteiger partial charge in [-0.15, -0.1) is 0 Å². The number of aliphatic hydroxyl groups is 1. The second kappa shape index (κ2) is 6.91. The highest BCUT2D eigenvalue weighted by molar-refractivity contribution is 5.78. The average molecular weight is 332 g/mol. The van der Waals surface area contributed by atoms with Crippen molar-refractivity contribution in [2.45, 2.75) is 18.4 Å². The van der Waals surface area contributed by atoms with Gasteiger partial charge >= 0.3 is 5.97 Å². The quantitative estimate of drug-likeness (QED) is 0.727. The zero-order valence-corrected chi connectivity index (χ0v) is 14.0. The Morgan fingerprint density at radius 3 is 1.80 bits per heavy atom. The smallest absolute Gasteiger partial charge is 0.314 e. The zero-order valence-electron chi connectivity index (χ0n) is 14.0. The van der Waals surface area contributed by atoms with E-state index in [9.17, 15) is 15.0 Å². The van der Waals surface area contributed by atoms with Crippen LogP contribution in [0.15, 0.2) is 84.9 Å². The molecule has 0 heterocycles. The lowest BCUT2D eigenvalue weighted by molar-refractivity contribution is -0.145. The normalized spacial score (nSPS) is 14.5. The number of benzene rings is 3. The van der Waals surface area contributed by atoms with Crippen molar-refractivity contribution in [2.75, 3.05) is 0 Å². The molecule has 0 spiro atoms. The van der Waals surface area contributed by atoms with Crippen molar-refractivity contribution in [3.05, 3.63) is 96.1 Å². The van der Waals surface area contributed by atoms with Crippen LogP contribution in [0.3, 0.4) is 0 Å². The molecule has 0 radical (unpaired) electrons. The summed E-state index contributed by atoms with van der Waals surface area (Å²) >= 11 is 0. The van der Waals surface area contributed by atoms with Crippen LogP contribution < -0.4 is 0 Å².